The van der Waals surface area contributed by atoms with E-state index in [0.717, 1.165) is 0 Å². The topological polar surface area (TPSA) is 9.72 Å². The fraction of sp³-hybridized carbons (Fsp3) is 1.00. The summed E-state index contributed by atoms with van der Waals surface area (Å²) in [4.78, 5) is 7.71. The highest BCUT2D eigenvalue weighted by Gasteiger charge is 2.23. The van der Waals surface area contributed by atoms with Crippen LogP contribution in [0.1, 0.15) is 20.3 Å². The number of nitrogens with zero attached hydrogens (tertiary/aromatic N) is 4. The molecule has 2 saturated heterocycles. The molecule has 20 heavy (non-hydrogen) atoms. The molecule has 0 bridgehead atoms. The molecule has 0 aromatic heterocycles. The molecule has 0 unspecified atom stereocenters. The van der Waals surface area contributed by atoms with Crippen molar-refractivity contribution < 1.29 is 4.48 Å². The summed E-state index contributed by atoms with van der Waals surface area (Å²) in [7, 11) is 6.92. The predicted octanol–water partition coefficient (Wildman–Crippen LogP) is 1.04. The molecular weight excluding hydrogens is 248 g/mol. The number of hydrogen-bond donors (Lipinski definition) is 0. The Hall–Kier alpha value is -0.160. The van der Waals surface area contributed by atoms with E-state index in [2.05, 4.69) is 35.8 Å². The molecular formula is C16H37N4+. The van der Waals surface area contributed by atoms with Crippen molar-refractivity contribution in [3.8, 4) is 0 Å². The van der Waals surface area contributed by atoms with Gasteiger partial charge in [0.25, 0.3) is 0 Å². The number of rotatable bonds is 4. The normalized spacial score (nSPS) is 25.1. The van der Waals surface area contributed by atoms with E-state index in [4.69, 9.17) is 0 Å². The van der Waals surface area contributed by atoms with Gasteiger partial charge in [-0.15, -0.1) is 0 Å². The molecule has 0 spiro atoms. The maximum Gasteiger partial charge on any atom is 0.0912 e. The summed E-state index contributed by atoms with van der Waals surface area (Å²) in [6.07, 6.45) is 1.34. The molecule has 0 aliphatic carbocycles. The number of likely N-dealkylation sites (N-methyl/N-ethyl adjacent to an activating group) is 2. The Bertz CT molecular complexity index is 237. The van der Waals surface area contributed by atoms with Crippen LogP contribution in [0, 0.1) is 0 Å². The van der Waals surface area contributed by atoms with Crippen molar-refractivity contribution in [3.63, 3.8) is 0 Å². The predicted molar refractivity (Wildman–Crippen MR) is 88.2 cm³/mol. The van der Waals surface area contributed by atoms with Crippen molar-refractivity contribution >= 4 is 0 Å². The van der Waals surface area contributed by atoms with Crippen molar-refractivity contribution in [2.45, 2.75) is 20.3 Å². The van der Waals surface area contributed by atoms with Crippen LogP contribution < -0.4 is 0 Å². The third-order valence-electron chi connectivity index (χ3n) is 4.59. The molecule has 0 atom stereocenters. The molecule has 120 valence electrons. The smallest absolute Gasteiger partial charge is 0.0912 e. The highest BCUT2D eigenvalue weighted by Crippen LogP contribution is 2.07. The lowest BCUT2D eigenvalue weighted by Crippen LogP contribution is -2.55. The van der Waals surface area contributed by atoms with Gasteiger partial charge in [0, 0.05) is 39.3 Å². The van der Waals surface area contributed by atoms with Crippen LogP contribution in [-0.4, -0.2) is 106 Å². The summed E-state index contributed by atoms with van der Waals surface area (Å²) in [6, 6.07) is 0. The van der Waals surface area contributed by atoms with Gasteiger partial charge in [-0.2, -0.15) is 0 Å². The molecule has 4 heteroatoms. The van der Waals surface area contributed by atoms with Crippen LogP contribution >= 0.6 is 0 Å². The maximum atomic E-state index is 2.65. The largest absolute Gasteiger partial charge is 0.326 e. The Morgan fingerprint density at radius 1 is 0.750 bits per heavy atom. The lowest BCUT2D eigenvalue weighted by molar-refractivity contribution is -0.894. The van der Waals surface area contributed by atoms with E-state index in [0.29, 0.717) is 0 Å². The molecule has 2 heterocycles. The first-order chi connectivity index (χ1) is 9.55. The average Bonchev–Trinajstić information content (AvgIpc) is 2.45. The van der Waals surface area contributed by atoms with Crippen LogP contribution in [0.2, 0.25) is 0 Å². The number of hydrogen-bond acceptors (Lipinski definition) is 3. The van der Waals surface area contributed by atoms with Crippen molar-refractivity contribution in [2.75, 3.05) is 86.6 Å². The molecule has 4 nitrogen and oxygen atoms in total. The molecule has 0 N–H and O–H groups in total. The zero-order valence-corrected chi connectivity index (χ0v) is 14.6. The summed E-state index contributed by atoms with van der Waals surface area (Å²) in [5.41, 5.74) is 0. The molecule has 2 aliphatic rings. The standard InChI is InChI=1S/C14H31N4.C2H6/c1-15-7-9-16(10-8-15)5-4-6-17-11-13-18(2,3)14-12-17;1-2/h4-14H2,1-3H3;1-2H3/q+1;. The lowest BCUT2D eigenvalue weighted by atomic mass is 10.2. The lowest BCUT2D eigenvalue weighted by Gasteiger charge is -2.39. The van der Waals surface area contributed by atoms with Crippen molar-refractivity contribution in [2.24, 2.45) is 0 Å². The van der Waals surface area contributed by atoms with Gasteiger partial charge < -0.3 is 14.3 Å². The van der Waals surface area contributed by atoms with E-state index in [1.54, 1.807) is 0 Å². The highest BCUT2D eigenvalue weighted by atomic mass is 15.4. The first kappa shape index (κ1) is 17.9. The average molecular weight is 286 g/mol. The van der Waals surface area contributed by atoms with Crippen molar-refractivity contribution in [1.29, 1.82) is 0 Å². The molecule has 0 aromatic carbocycles. The van der Waals surface area contributed by atoms with Crippen LogP contribution in [0.5, 0.6) is 0 Å². The zero-order chi connectivity index (χ0) is 15.0. The Kier molecular flexibility index (Phi) is 8.03. The minimum Gasteiger partial charge on any atom is -0.326 e. The molecule has 0 radical (unpaired) electrons. The van der Waals surface area contributed by atoms with Gasteiger partial charge in [-0.25, -0.2) is 0 Å². The second kappa shape index (κ2) is 8.98. The maximum absolute atomic E-state index is 2.65. The van der Waals surface area contributed by atoms with Gasteiger partial charge in [0.2, 0.25) is 0 Å². The van der Waals surface area contributed by atoms with Gasteiger partial charge in [-0.3, -0.25) is 4.90 Å². The Morgan fingerprint density at radius 2 is 1.20 bits per heavy atom. The number of quaternary nitrogens is 1. The van der Waals surface area contributed by atoms with Crippen LogP contribution in [0.15, 0.2) is 0 Å². The van der Waals surface area contributed by atoms with Crippen LogP contribution in [0.4, 0.5) is 0 Å². The quantitative estimate of drug-likeness (QED) is 0.715. The summed E-state index contributed by atoms with van der Waals surface area (Å²) in [5, 5.41) is 0. The SMILES string of the molecule is CC.CN1CCN(CCCN2CC[N+](C)(C)CC2)CC1. The monoisotopic (exact) mass is 285 g/mol. The van der Waals surface area contributed by atoms with E-state index in [9.17, 15) is 0 Å². The Labute approximate surface area is 126 Å². The highest BCUT2D eigenvalue weighted by molar-refractivity contribution is 4.70. The van der Waals surface area contributed by atoms with Gasteiger partial charge in [0.15, 0.2) is 0 Å². The molecule has 2 aliphatic heterocycles. The summed E-state index contributed by atoms with van der Waals surface area (Å²) >= 11 is 0. The first-order valence-electron chi connectivity index (χ1n) is 8.50. The summed E-state index contributed by atoms with van der Waals surface area (Å²) in [6.45, 7) is 16.8. The fourth-order valence-electron chi connectivity index (χ4n) is 2.86. The second-order valence-corrected chi connectivity index (χ2v) is 6.72. The third-order valence-corrected chi connectivity index (χ3v) is 4.59. The van der Waals surface area contributed by atoms with Gasteiger partial charge >= 0.3 is 0 Å². The molecule has 2 fully saturated rings. The Balaban J connectivity index is 0.000000956. The van der Waals surface area contributed by atoms with E-state index >= 15 is 0 Å². The van der Waals surface area contributed by atoms with Gasteiger partial charge in [0.1, 0.15) is 0 Å². The zero-order valence-electron chi connectivity index (χ0n) is 14.6. The van der Waals surface area contributed by atoms with Crippen molar-refractivity contribution in [3.05, 3.63) is 0 Å². The molecule has 0 saturated carbocycles. The van der Waals surface area contributed by atoms with E-state index in [1.165, 1.54) is 76.4 Å². The molecule has 2 rings (SSSR count). The minimum atomic E-state index is 1.20. The van der Waals surface area contributed by atoms with E-state index < -0.39 is 0 Å². The minimum absolute atomic E-state index is 1.20. The molecule has 0 amide bonds. The van der Waals surface area contributed by atoms with Crippen LogP contribution in [0.3, 0.4) is 0 Å². The van der Waals surface area contributed by atoms with Gasteiger partial charge in [-0.05, 0) is 26.6 Å². The summed E-state index contributed by atoms with van der Waals surface area (Å²) in [5.74, 6) is 0. The van der Waals surface area contributed by atoms with E-state index in [1.807, 2.05) is 13.8 Å². The van der Waals surface area contributed by atoms with Crippen LogP contribution in [0.25, 0.3) is 0 Å². The fourth-order valence-corrected chi connectivity index (χ4v) is 2.86. The summed E-state index contributed by atoms with van der Waals surface area (Å²) < 4.78 is 1.20. The van der Waals surface area contributed by atoms with Gasteiger partial charge in [-0.1, -0.05) is 13.8 Å². The van der Waals surface area contributed by atoms with Crippen LogP contribution in [-0.2, 0) is 0 Å². The Morgan fingerprint density at radius 3 is 1.70 bits per heavy atom. The number of piperazine rings is 2. The first-order valence-corrected chi connectivity index (χ1v) is 8.50. The van der Waals surface area contributed by atoms with Crippen molar-refractivity contribution in [1.82, 2.24) is 14.7 Å². The third kappa shape index (κ3) is 6.53. The van der Waals surface area contributed by atoms with Gasteiger partial charge in [0.05, 0.1) is 27.2 Å². The second-order valence-electron chi connectivity index (χ2n) is 6.72. The molecule has 0 aromatic rings. The van der Waals surface area contributed by atoms with E-state index in [-0.39, 0.29) is 0 Å².